The number of halogens is 3. The maximum atomic E-state index is 13.5. The van der Waals surface area contributed by atoms with Crippen molar-refractivity contribution in [3.63, 3.8) is 0 Å². The van der Waals surface area contributed by atoms with Crippen molar-refractivity contribution >= 4 is 23.4 Å². The fourth-order valence-corrected chi connectivity index (χ4v) is 5.65. The van der Waals surface area contributed by atoms with E-state index in [1.54, 1.807) is 30.1 Å². The van der Waals surface area contributed by atoms with Gasteiger partial charge in [0, 0.05) is 24.8 Å². The van der Waals surface area contributed by atoms with E-state index in [1.165, 1.54) is 6.07 Å². The standard InChI is InChI=1S/C32H30F3N3O7/c1-38-24-9-8-22(14-29(39)36-15-18-2-10-26-27(12-18)44-17-43-26)45-28(24)16-42-25-11-7-21(13-23(25)31(38)41)37-30(40)19-3-5-20(6-4-19)32(33,34)35/h2-7,10-13,22,24,28H,8-9,14-17H2,1H3,(H,36,39)(H,37,40)/t22-,24-,28-/m0/s1. The van der Waals surface area contributed by atoms with Crippen molar-refractivity contribution in [1.29, 1.82) is 0 Å². The molecule has 1 fully saturated rings. The van der Waals surface area contributed by atoms with Crippen molar-refractivity contribution in [2.24, 2.45) is 0 Å². The molecule has 3 amide bonds. The molecule has 0 bridgehead atoms. The summed E-state index contributed by atoms with van der Waals surface area (Å²) in [5.74, 6) is 0.490. The molecule has 3 aliphatic rings. The van der Waals surface area contributed by atoms with Crippen molar-refractivity contribution in [3.05, 3.63) is 82.9 Å². The Kier molecular flexibility index (Phi) is 8.28. The Balaban J connectivity index is 1.06. The lowest BCUT2D eigenvalue weighted by atomic mass is 9.94. The van der Waals surface area contributed by atoms with Crippen LogP contribution in [0.1, 0.15) is 51.1 Å². The van der Waals surface area contributed by atoms with E-state index >= 15 is 0 Å². The third-order valence-corrected chi connectivity index (χ3v) is 8.08. The van der Waals surface area contributed by atoms with E-state index in [0.29, 0.717) is 36.6 Å². The zero-order valence-corrected chi connectivity index (χ0v) is 24.2. The van der Waals surface area contributed by atoms with Crippen molar-refractivity contribution in [3.8, 4) is 17.2 Å². The van der Waals surface area contributed by atoms with Gasteiger partial charge in [-0.25, -0.2) is 0 Å². The second kappa shape index (κ2) is 12.3. The van der Waals surface area contributed by atoms with Crippen LogP contribution < -0.4 is 24.8 Å². The largest absolute Gasteiger partial charge is 0.490 e. The Labute approximate surface area is 256 Å². The summed E-state index contributed by atoms with van der Waals surface area (Å²) in [7, 11) is 1.67. The van der Waals surface area contributed by atoms with Crippen LogP contribution in [0, 0.1) is 0 Å². The molecule has 1 saturated heterocycles. The van der Waals surface area contributed by atoms with Crippen molar-refractivity contribution in [2.45, 2.75) is 50.2 Å². The van der Waals surface area contributed by atoms with Crippen LogP contribution in [0.25, 0.3) is 0 Å². The number of nitrogens with one attached hydrogen (secondary N) is 2. The Morgan fingerprint density at radius 3 is 2.47 bits per heavy atom. The summed E-state index contributed by atoms with van der Waals surface area (Å²) < 4.78 is 61.5. The number of rotatable bonds is 6. The minimum atomic E-state index is -4.51. The number of hydrogen-bond acceptors (Lipinski definition) is 7. The van der Waals surface area contributed by atoms with E-state index in [-0.39, 0.29) is 60.6 Å². The third kappa shape index (κ3) is 6.68. The third-order valence-electron chi connectivity index (χ3n) is 8.08. The number of alkyl halides is 3. The van der Waals surface area contributed by atoms with Crippen LogP contribution in [0.15, 0.2) is 60.7 Å². The minimum Gasteiger partial charge on any atom is -0.490 e. The van der Waals surface area contributed by atoms with Crippen LogP contribution in [0.4, 0.5) is 18.9 Å². The summed E-state index contributed by atoms with van der Waals surface area (Å²) in [4.78, 5) is 40.5. The Morgan fingerprint density at radius 1 is 0.933 bits per heavy atom. The van der Waals surface area contributed by atoms with Gasteiger partial charge in [0.15, 0.2) is 11.5 Å². The average molecular weight is 626 g/mol. The second-order valence-electron chi connectivity index (χ2n) is 11.1. The van der Waals surface area contributed by atoms with Crippen LogP contribution in [-0.2, 0) is 22.3 Å². The van der Waals surface area contributed by atoms with E-state index in [2.05, 4.69) is 10.6 Å². The first kappa shape index (κ1) is 30.3. The van der Waals surface area contributed by atoms with E-state index in [1.807, 2.05) is 12.1 Å². The van der Waals surface area contributed by atoms with Gasteiger partial charge < -0.3 is 34.5 Å². The van der Waals surface area contributed by atoms with Gasteiger partial charge in [0.1, 0.15) is 18.5 Å². The van der Waals surface area contributed by atoms with Gasteiger partial charge in [-0.15, -0.1) is 0 Å². The topological polar surface area (TPSA) is 115 Å². The summed E-state index contributed by atoms with van der Waals surface area (Å²) >= 11 is 0. The van der Waals surface area contributed by atoms with Crippen LogP contribution in [0.3, 0.4) is 0 Å². The van der Waals surface area contributed by atoms with Gasteiger partial charge in [-0.1, -0.05) is 6.07 Å². The smallest absolute Gasteiger partial charge is 0.416 e. The molecule has 13 heteroatoms. The fourth-order valence-electron chi connectivity index (χ4n) is 5.65. The summed E-state index contributed by atoms with van der Waals surface area (Å²) in [6.07, 6.45) is -4.01. The molecule has 3 atom stereocenters. The number of amides is 3. The zero-order chi connectivity index (χ0) is 31.7. The van der Waals surface area contributed by atoms with Crippen LogP contribution in [-0.4, -0.2) is 61.3 Å². The van der Waals surface area contributed by atoms with Gasteiger partial charge in [-0.2, -0.15) is 13.2 Å². The van der Waals surface area contributed by atoms with Gasteiger partial charge in [-0.05, 0) is 73.0 Å². The average Bonchev–Trinajstić information content (AvgIpc) is 3.50. The normalized spacial score (nSPS) is 20.7. The van der Waals surface area contributed by atoms with Gasteiger partial charge in [0.2, 0.25) is 12.7 Å². The molecule has 0 saturated carbocycles. The number of likely N-dealkylation sites (N-methyl/N-ethyl adjacent to an activating group) is 1. The number of benzene rings is 3. The number of anilines is 1. The second-order valence-corrected chi connectivity index (χ2v) is 11.1. The molecular weight excluding hydrogens is 595 g/mol. The molecule has 2 N–H and O–H groups in total. The Hall–Kier alpha value is -4.78. The predicted octanol–water partition coefficient (Wildman–Crippen LogP) is 4.77. The van der Waals surface area contributed by atoms with Gasteiger partial charge in [0.05, 0.1) is 29.7 Å². The first-order chi connectivity index (χ1) is 21.5. The maximum absolute atomic E-state index is 13.5. The predicted molar refractivity (Wildman–Crippen MR) is 154 cm³/mol. The number of hydrogen-bond donors (Lipinski definition) is 2. The van der Waals surface area contributed by atoms with Crippen molar-refractivity contribution < 1.29 is 46.5 Å². The molecule has 3 heterocycles. The first-order valence-corrected chi connectivity index (χ1v) is 14.4. The van der Waals surface area contributed by atoms with Crippen molar-refractivity contribution in [2.75, 3.05) is 25.8 Å². The fraction of sp³-hybridized carbons (Fsp3) is 0.344. The molecule has 3 aromatic rings. The van der Waals surface area contributed by atoms with E-state index in [4.69, 9.17) is 18.9 Å². The SMILES string of the molecule is CN1C(=O)c2cc(NC(=O)c3ccc(C(F)(F)F)cc3)ccc2OC[C@@H]2O[C@H](CC(=O)NCc3ccc4c(c3)OCO4)CC[C@@H]21. The van der Waals surface area contributed by atoms with E-state index < -0.39 is 23.8 Å². The van der Waals surface area contributed by atoms with E-state index in [0.717, 1.165) is 29.8 Å². The highest BCUT2D eigenvalue weighted by Gasteiger charge is 2.39. The molecule has 45 heavy (non-hydrogen) atoms. The maximum Gasteiger partial charge on any atom is 0.416 e. The molecule has 3 aromatic carbocycles. The molecule has 0 aromatic heterocycles. The molecule has 0 unspecified atom stereocenters. The summed E-state index contributed by atoms with van der Waals surface area (Å²) in [6, 6.07) is 13.6. The zero-order valence-electron chi connectivity index (χ0n) is 24.2. The molecule has 3 aliphatic heterocycles. The molecule has 6 rings (SSSR count). The van der Waals surface area contributed by atoms with Crippen molar-refractivity contribution in [1.82, 2.24) is 10.2 Å². The first-order valence-electron chi connectivity index (χ1n) is 14.4. The van der Waals surface area contributed by atoms with Crippen LogP contribution in [0.5, 0.6) is 17.2 Å². The quantitative estimate of drug-likeness (QED) is 0.406. The molecule has 236 valence electrons. The summed E-state index contributed by atoms with van der Waals surface area (Å²) in [5.41, 5.74) is 0.571. The van der Waals surface area contributed by atoms with E-state index in [9.17, 15) is 27.6 Å². The molecular formula is C32H30F3N3O7. The highest BCUT2D eigenvalue weighted by Crippen LogP contribution is 2.34. The monoisotopic (exact) mass is 625 g/mol. The number of fused-ring (bicyclic) bond motifs is 3. The lowest BCUT2D eigenvalue weighted by Gasteiger charge is -2.42. The molecule has 0 aliphatic carbocycles. The highest BCUT2D eigenvalue weighted by atomic mass is 19.4. The van der Waals surface area contributed by atoms with Gasteiger partial charge in [-0.3, -0.25) is 14.4 Å². The van der Waals surface area contributed by atoms with Gasteiger partial charge >= 0.3 is 6.18 Å². The highest BCUT2D eigenvalue weighted by molar-refractivity contribution is 6.05. The van der Waals surface area contributed by atoms with Gasteiger partial charge in [0.25, 0.3) is 11.8 Å². The molecule has 10 nitrogen and oxygen atoms in total. The van der Waals surface area contributed by atoms with Crippen LogP contribution >= 0.6 is 0 Å². The summed E-state index contributed by atoms with van der Waals surface area (Å²) in [6.45, 7) is 0.649. The number of carbonyl (C=O) groups is 3. The number of carbonyl (C=O) groups excluding carboxylic acids is 3. The molecule has 0 spiro atoms. The van der Waals surface area contributed by atoms with Crippen LogP contribution in [0.2, 0.25) is 0 Å². The Bertz CT molecular complexity index is 1610. The summed E-state index contributed by atoms with van der Waals surface area (Å²) in [5, 5.41) is 5.54. The lowest BCUT2D eigenvalue weighted by molar-refractivity contribution is -0.137. The Morgan fingerprint density at radius 2 is 1.69 bits per heavy atom. The lowest BCUT2D eigenvalue weighted by Crippen LogP contribution is -2.53. The number of nitrogens with zero attached hydrogens (tertiary/aromatic N) is 1. The minimum absolute atomic E-state index is 0.0350. The molecule has 0 radical (unpaired) electrons. The number of ether oxygens (including phenoxy) is 4.